The van der Waals surface area contributed by atoms with Gasteiger partial charge in [-0.3, -0.25) is 0 Å². The molecule has 1 aliphatic rings. The number of nitrogens with one attached hydrogen (secondary N) is 1. The molecule has 1 aliphatic heterocycles. The van der Waals surface area contributed by atoms with Crippen molar-refractivity contribution in [2.75, 3.05) is 13.2 Å². The minimum Gasteiger partial charge on any atom is -0.378 e. The normalized spacial score (nSPS) is 20.3. The molecule has 1 saturated heterocycles. The van der Waals surface area contributed by atoms with Crippen LogP contribution in [0.5, 0.6) is 0 Å². The standard InChI is InChI=1S/C15H20BrClFNO/c1-2-7-19-13(9-10-4-3-8-20-10)11-5-6-12(16)14(17)15(11)18/h5-6,10,13,19H,2-4,7-9H2,1H3. The maximum absolute atomic E-state index is 14.4. The van der Waals surface area contributed by atoms with Gasteiger partial charge in [0.15, 0.2) is 0 Å². The number of hydrogen-bond donors (Lipinski definition) is 1. The highest BCUT2D eigenvalue weighted by atomic mass is 79.9. The first kappa shape index (κ1) is 16.2. The Labute approximate surface area is 133 Å². The predicted molar refractivity (Wildman–Crippen MR) is 83.7 cm³/mol. The molecule has 1 fully saturated rings. The van der Waals surface area contributed by atoms with Crippen molar-refractivity contribution in [2.45, 2.75) is 44.8 Å². The molecule has 0 aromatic heterocycles. The Morgan fingerprint density at radius 3 is 3.00 bits per heavy atom. The van der Waals surface area contributed by atoms with Gasteiger partial charge < -0.3 is 10.1 Å². The van der Waals surface area contributed by atoms with E-state index in [4.69, 9.17) is 16.3 Å². The number of halogens is 3. The molecule has 0 spiro atoms. The first-order valence-electron chi connectivity index (χ1n) is 7.11. The van der Waals surface area contributed by atoms with Gasteiger partial charge in [0.05, 0.1) is 11.1 Å². The summed E-state index contributed by atoms with van der Waals surface area (Å²) in [6.07, 6.45) is 4.15. The molecule has 0 amide bonds. The van der Waals surface area contributed by atoms with Gasteiger partial charge in [-0.05, 0) is 54.2 Å². The molecule has 5 heteroatoms. The van der Waals surface area contributed by atoms with Gasteiger partial charge in [0.2, 0.25) is 0 Å². The molecule has 1 heterocycles. The first-order chi connectivity index (χ1) is 9.63. The molecule has 0 aliphatic carbocycles. The summed E-state index contributed by atoms with van der Waals surface area (Å²) >= 11 is 9.25. The average Bonchev–Trinajstić information content (AvgIpc) is 2.94. The average molecular weight is 365 g/mol. The van der Waals surface area contributed by atoms with E-state index >= 15 is 0 Å². The number of rotatable bonds is 6. The summed E-state index contributed by atoms with van der Waals surface area (Å²) in [7, 11) is 0. The summed E-state index contributed by atoms with van der Waals surface area (Å²) < 4.78 is 20.6. The van der Waals surface area contributed by atoms with E-state index in [1.165, 1.54) is 0 Å². The summed E-state index contributed by atoms with van der Waals surface area (Å²) in [5.41, 5.74) is 0.627. The van der Waals surface area contributed by atoms with Crippen molar-refractivity contribution in [3.05, 3.63) is 33.0 Å². The molecule has 1 aromatic carbocycles. The molecule has 20 heavy (non-hydrogen) atoms. The van der Waals surface area contributed by atoms with E-state index in [0.717, 1.165) is 38.8 Å². The largest absolute Gasteiger partial charge is 0.378 e. The predicted octanol–water partition coefficient (Wildman–Crippen LogP) is 4.85. The van der Waals surface area contributed by atoms with Gasteiger partial charge in [-0.1, -0.05) is 24.6 Å². The lowest BCUT2D eigenvalue weighted by molar-refractivity contribution is 0.0942. The molecular weight excluding hydrogens is 345 g/mol. The molecule has 112 valence electrons. The number of benzene rings is 1. The van der Waals surface area contributed by atoms with Crippen LogP contribution in [0.3, 0.4) is 0 Å². The van der Waals surface area contributed by atoms with Crippen LogP contribution in [0.25, 0.3) is 0 Å². The van der Waals surface area contributed by atoms with Crippen LogP contribution in [-0.2, 0) is 4.74 Å². The van der Waals surface area contributed by atoms with Gasteiger partial charge >= 0.3 is 0 Å². The lowest BCUT2D eigenvalue weighted by Crippen LogP contribution is -2.27. The van der Waals surface area contributed by atoms with Gasteiger partial charge in [0.1, 0.15) is 5.82 Å². The molecular formula is C15H20BrClFNO. The fourth-order valence-electron chi connectivity index (χ4n) is 2.54. The fraction of sp³-hybridized carbons (Fsp3) is 0.600. The Morgan fingerprint density at radius 2 is 2.35 bits per heavy atom. The Morgan fingerprint density at radius 1 is 1.55 bits per heavy atom. The molecule has 0 saturated carbocycles. The Kier molecular flexibility index (Phi) is 6.27. The van der Waals surface area contributed by atoms with Crippen LogP contribution >= 0.6 is 27.5 Å². The number of hydrogen-bond acceptors (Lipinski definition) is 2. The van der Waals surface area contributed by atoms with Crippen molar-refractivity contribution in [1.29, 1.82) is 0 Å². The first-order valence-corrected chi connectivity index (χ1v) is 8.29. The van der Waals surface area contributed by atoms with Crippen molar-refractivity contribution in [1.82, 2.24) is 5.32 Å². The molecule has 2 nitrogen and oxygen atoms in total. The van der Waals surface area contributed by atoms with E-state index in [0.29, 0.717) is 10.0 Å². The third kappa shape index (κ3) is 3.94. The van der Waals surface area contributed by atoms with Crippen LogP contribution in [0.4, 0.5) is 4.39 Å². The monoisotopic (exact) mass is 363 g/mol. The van der Waals surface area contributed by atoms with E-state index in [9.17, 15) is 4.39 Å². The van der Waals surface area contributed by atoms with Gasteiger partial charge in [-0.25, -0.2) is 4.39 Å². The molecule has 0 radical (unpaired) electrons. The van der Waals surface area contributed by atoms with Crippen LogP contribution in [0.15, 0.2) is 16.6 Å². The van der Waals surface area contributed by atoms with Gasteiger partial charge in [0, 0.05) is 22.7 Å². The summed E-state index contributed by atoms with van der Waals surface area (Å²) in [4.78, 5) is 0. The summed E-state index contributed by atoms with van der Waals surface area (Å²) in [5, 5.41) is 3.56. The third-order valence-electron chi connectivity index (χ3n) is 3.60. The molecule has 2 atom stereocenters. The highest BCUT2D eigenvalue weighted by Crippen LogP contribution is 2.33. The molecule has 1 aromatic rings. The van der Waals surface area contributed by atoms with Gasteiger partial charge in [-0.2, -0.15) is 0 Å². The molecule has 2 rings (SSSR count). The van der Waals surface area contributed by atoms with E-state index in [2.05, 4.69) is 28.2 Å². The quantitative estimate of drug-likeness (QED) is 0.728. The third-order valence-corrected chi connectivity index (χ3v) is 4.86. The fourth-order valence-corrected chi connectivity index (χ4v) is 3.02. The minimum atomic E-state index is -0.340. The smallest absolute Gasteiger partial charge is 0.147 e. The van der Waals surface area contributed by atoms with E-state index in [1.807, 2.05) is 0 Å². The Balaban J connectivity index is 2.18. The summed E-state index contributed by atoms with van der Waals surface area (Å²) in [6.45, 7) is 3.76. The van der Waals surface area contributed by atoms with Crippen molar-refractivity contribution in [3.63, 3.8) is 0 Å². The molecule has 1 N–H and O–H groups in total. The van der Waals surface area contributed by atoms with Crippen LogP contribution in [0, 0.1) is 5.82 Å². The summed E-state index contributed by atoms with van der Waals surface area (Å²) in [6, 6.07) is 3.55. The second-order valence-electron chi connectivity index (χ2n) is 5.14. The van der Waals surface area contributed by atoms with Crippen LogP contribution in [0.1, 0.15) is 44.2 Å². The minimum absolute atomic E-state index is 0.0522. The topological polar surface area (TPSA) is 21.3 Å². The SMILES string of the molecule is CCCNC(CC1CCCO1)c1ccc(Br)c(Cl)c1F. The van der Waals surface area contributed by atoms with Crippen molar-refractivity contribution >= 4 is 27.5 Å². The molecule has 0 bridgehead atoms. The number of ether oxygens (including phenoxy) is 1. The van der Waals surface area contributed by atoms with Crippen LogP contribution < -0.4 is 5.32 Å². The van der Waals surface area contributed by atoms with Crippen LogP contribution in [0.2, 0.25) is 5.02 Å². The van der Waals surface area contributed by atoms with Crippen LogP contribution in [-0.4, -0.2) is 19.3 Å². The van der Waals surface area contributed by atoms with E-state index in [-0.39, 0.29) is 23.0 Å². The zero-order valence-corrected chi connectivity index (χ0v) is 13.9. The van der Waals surface area contributed by atoms with Gasteiger partial charge in [0.25, 0.3) is 0 Å². The van der Waals surface area contributed by atoms with Crippen molar-refractivity contribution < 1.29 is 9.13 Å². The summed E-state index contributed by atoms with van der Waals surface area (Å²) in [5.74, 6) is -0.340. The maximum atomic E-state index is 14.4. The second-order valence-corrected chi connectivity index (χ2v) is 6.37. The Hall–Kier alpha value is -0.160. The maximum Gasteiger partial charge on any atom is 0.147 e. The highest BCUT2D eigenvalue weighted by Gasteiger charge is 2.24. The highest BCUT2D eigenvalue weighted by molar-refractivity contribution is 9.10. The van der Waals surface area contributed by atoms with E-state index < -0.39 is 0 Å². The zero-order valence-electron chi connectivity index (χ0n) is 11.6. The van der Waals surface area contributed by atoms with E-state index in [1.54, 1.807) is 12.1 Å². The Bertz CT molecular complexity index is 452. The van der Waals surface area contributed by atoms with Crippen molar-refractivity contribution in [2.24, 2.45) is 0 Å². The molecule has 2 unspecified atom stereocenters. The second kappa shape index (κ2) is 7.74. The lowest BCUT2D eigenvalue weighted by Gasteiger charge is -2.23. The zero-order chi connectivity index (χ0) is 14.5. The van der Waals surface area contributed by atoms with Gasteiger partial charge in [-0.15, -0.1) is 0 Å². The van der Waals surface area contributed by atoms with Crippen molar-refractivity contribution in [3.8, 4) is 0 Å². The lowest BCUT2D eigenvalue weighted by atomic mass is 9.98.